The second-order valence-electron chi connectivity index (χ2n) is 15.0. The first-order valence-corrected chi connectivity index (χ1v) is 19.6. The third kappa shape index (κ3) is 5.16. The zero-order valence-corrected chi connectivity index (χ0v) is 31.3. The normalized spacial score (nSPS) is 11.8. The fourth-order valence-corrected chi connectivity index (χ4v) is 8.78. The Balaban J connectivity index is 0.941. The average Bonchev–Trinajstić information content (AvgIpc) is 3.30. The Labute approximate surface area is 333 Å². The molecule has 0 aliphatic rings. The van der Waals surface area contributed by atoms with Gasteiger partial charge >= 0.3 is 0 Å². The second-order valence-corrected chi connectivity index (χ2v) is 15.0. The summed E-state index contributed by atoms with van der Waals surface area (Å²) in [6, 6.07) is 68.4. The van der Waals surface area contributed by atoms with Crippen molar-refractivity contribution in [3.63, 3.8) is 0 Å². The maximum Gasteiger partial charge on any atom is 0.0972 e. The number of fused-ring (bicyclic) bond motifs is 12. The fourth-order valence-electron chi connectivity index (χ4n) is 8.78. The monoisotopic (exact) mass is 736 g/mol. The molecule has 0 unspecified atom stereocenters. The van der Waals surface area contributed by atoms with E-state index in [1.165, 1.54) is 26.9 Å². The molecule has 0 spiro atoms. The predicted molar refractivity (Wildman–Crippen MR) is 242 cm³/mol. The summed E-state index contributed by atoms with van der Waals surface area (Å²) in [5.41, 5.74) is 11.7. The standard InChI is InChI=1S/C54H32N4/c1-2-11-33(12-3-1)46-27-23-34-21-22-35-24-28-49(57-53(35)52(34)56-46)38-26-30-48-37(31-38)25-29-47(55-48)36-13-10-14-39(32-36)51-45-20-9-7-18-43(45)50-42-17-6-4-15-40(42)41-16-5-8-19-44(41)54(50)58-51/h1-32H. The van der Waals surface area contributed by atoms with Crippen molar-refractivity contribution in [1.82, 2.24) is 19.9 Å². The lowest BCUT2D eigenvalue weighted by Gasteiger charge is -2.15. The summed E-state index contributed by atoms with van der Waals surface area (Å²) in [5.74, 6) is 0. The maximum absolute atomic E-state index is 5.50. The number of benzene rings is 8. The van der Waals surface area contributed by atoms with Crippen LogP contribution in [0.25, 0.3) is 121 Å². The van der Waals surface area contributed by atoms with E-state index in [4.69, 9.17) is 19.9 Å². The summed E-state index contributed by atoms with van der Waals surface area (Å²) in [6.07, 6.45) is 0. The van der Waals surface area contributed by atoms with Gasteiger partial charge in [0.25, 0.3) is 0 Å². The first-order chi connectivity index (χ1) is 28.7. The molecule has 0 atom stereocenters. The Morgan fingerprint density at radius 3 is 1.48 bits per heavy atom. The van der Waals surface area contributed by atoms with Crippen molar-refractivity contribution in [2.24, 2.45) is 0 Å². The minimum Gasteiger partial charge on any atom is -0.248 e. The molecule has 4 nitrogen and oxygen atoms in total. The van der Waals surface area contributed by atoms with Gasteiger partial charge in [0.15, 0.2) is 0 Å². The minimum atomic E-state index is 0.899. The van der Waals surface area contributed by atoms with E-state index in [0.717, 1.165) is 94.0 Å². The van der Waals surface area contributed by atoms with Gasteiger partial charge in [-0.1, -0.05) is 158 Å². The third-order valence-corrected chi connectivity index (χ3v) is 11.6. The Kier molecular flexibility index (Phi) is 7.20. The van der Waals surface area contributed by atoms with Crippen LogP contribution >= 0.6 is 0 Å². The molecule has 4 aromatic heterocycles. The number of aromatic nitrogens is 4. The summed E-state index contributed by atoms with van der Waals surface area (Å²) in [4.78, 5) is 21.0. The van der Waals surface area contributed by atoms with Crippen molar-refractivity contribution < 1.29 is 0 Å². The van der Waals surface area contributed by atoms with Crippen LogP contribution in [0.4, 0.5) is 0 Å². The molecule has 0 aliphatic carbocycles. The number of nitrogens with zero attached hydrogens (tertiary/aromatic N) is 4. The highest BCUT2D eigenvalue weighted by Gasteiger charge is 2.17. The zero-order chi connectivity index (χ0) is 38.2. The van der Waals surface area contributed by atoms with Crippen LogP contribution < -0.4 is 0 Å². The van der Waals surface area contributed by atoms with E-state index in [-0.39, 0.29) is 0 Å². The van der Waals surface area contributed by atoms with Gasteiger partial charge in [-0.25, -0.2) is 19.9 Å². The maximum atomic E-state index is 5.50. The molecule has 12 rings (SSSR count). The highest BCUT2D eigenvalue weighted by Crippen LogP contribution is 2.41. The molecule has 0 radical (unpaired) electrons. The molecule has 0 bridgehead atoms. The van der Waals surface area contributed by atoms with Crippen molar-refractivity contribution in [3.8, 4) is 45.0 Å². The van der Waals surface area contributed by atoms with Crippen LogP contribution in [-0.2, 0) is 0 Å². The van der Waals surface area contributed by atoms with E-state index in [1.54, 1.807) is 0 Å². The van der Waals surface area contributed by atoms with E-state index in [2.05, 4.69) is 176 Å². The first-order valence-electron chi connectivity index (χ1n) is 19.6. The Morgan fingerprint density at radius 1 is 0.259 bits per heavy atom. The van der Waals surface area contributed by atoms with E-state index < -0.39 is 0 Å². The van der Waals surface area contributed by atoms with Crippen molar-refractivity contribution >= 4 is 75.9 Å². The number of hydrogen-bond donors (Lipinski definition) is 0. The van der Waals surface area contributed by atoms with Crippen LogP contribution in [0.3, 0.4) is 0 Å². The van der Waals surface area contributed by atoms with E-state index in [1.807, 2.05) is 18.2 Å². The quantitative estimate of drug-likeness (QED) is 0.169. The summed E-state index contributed by atoms with van der Waals surface area (Å²) in [6.45, 7) is 0. The smallest absolute Gasteiger partial charge is 0.0972 e. The van der Waals surface area contributed by atoms with Crippen LogP contribution in [0, 0.1) is 0 Å². The molecule has 0 fully saturated rings. The van der Waals surface area contributed by atoms with Crippen LogP contribution in [-0.4, -0.2) is 19.9 Å². The van der Waals surface area contributed by atoms with Gasteiger partial charge in [0.05, 0.1) is 44.8 Å². The molecule has 58 heavy (non-hydrogen) atoms. The average molecular weight is 737 g/mol. The number of hydrogen-bond acceptors (Lipinski definition) is 4. The first kappa shape index (κ1) is 32.4. The molecule has 4 heteroatoms. The van der Waals surface area contributed by atoms with Gasteiger partial charge in [-0.3, -0.25) is 0 Å². The van der Waals surface area contributed by atoms with Gasteiger partial charge in [-0.05, 0) is 57.9 Å². The molecule has 0 saturated heterocycles. The summed E-state index contributed by atoms with van der Waals surface area (Å²) >= 11 is 0. The largest absolute Gasteiger partial charge is 0.248 e. The predicted octanol–water partition coefficient (Wildman–Crippen LogP) is 14.0. The zero-order valence-electron chi connectivity index (χ0n) is 31.3. The van der Waals surface area contributed by atoms with Crippen molar-refractivity contribution in [2.45, 2.75) is 0 Å². The topological polar surface area (TPSA) is 51.6 Å². The molecular formula is C54H32N4. The van der Waals surface area contributed by atoms with E-state index >= 15 is 0 Å². The van der Waals surface area contributed by atoms with Crippen LogP contribution in [0.15, 0.2) is 194 Å². The molecule has 8 aromatic carbocycles. The van der Waals surface area contributed by atoms with Gasteiger partial charge < -0.3 is 0 Å². The lowest BCUT2D eigenvalue weighted by Crippen LogP contribution is -1.93. The van der Waals surface area contributed by atoms with Crippen molar-refractivity contribution in [1.29, 1.82) is 0 Å². The van der Waals surface area contributed by atoms with E-state index in [0.29, 0.717) is 0 Å². The lowest BCUT2D eigenvalue weighted by molar-refractivity contribution is 1.36. The van der Waals surface area contributed by atoms with E-state index in [9.17, 15) is 0 Å². The molecule has 268 valence electrons. The number of pyridine rings is 4. The Bertz CT molecular complexity index is 3630. The van der Waals surface area contributed by atoms with Gasteiger partial charge in [-0.2, -0.15) is 0 Å². The molecular weight excluding hydrogens is 705 g/mol. The molecule has 0 N–H and O–H groups in total. The SMILES string of the molecule is c1ccc(-c2ccc3ccc4ccc(-c5ccc6nc(-c7cccc(-c8nc9c%10ccccc%10c%10ccccc%10c9c9ccccc89)c7)ccc6c5)nc4c3n2)cc1. The van der Waals surface area contributed by atoms with Crippen molar-refractivity contribution in [2.75, 3.05) is 0 Å². The molecule has 0 amide bonds. The number of rotatable bonds is 4. The minimum absolute atomic E-state index is 0.899. The van der Waals surface area contributed by atoms with Gasteiger partial charge in [0.1, 0.15) is 0 Å². The molecule has 4 heterocycles. The van der Waals surface area contributed by atoms with Gasteiger partial charge in [0, 0.05) is 54.6 Å². The third-order valence-electron chi connectivity index (χ3n) is 11.6. The highest BCUT2D eigenvalue weighted by atomic mass is 14.8. The Morgan fingerprint density at radius 2 is 0.759 bits per heavy atom. The van der Waals surface area contributed by atoms with Crippen LogP contribution in [0.1, 0.15) is 0 Å². The van der Waals surface area contributed by atoms with Gasteiger partial charge in [0.2, 0.25) is 0 Å². The molecule has 12 aromatic rings. The molecule has 0 aliphatic heterocycles. The Hall–Kier alpha value is -7.82. The van der Waals surface area contributed by atoms with Crippen LogP contribution in [0.5, 0.6) is 0 Å². The van der Waals surface area contributed by atoms with Crippen LogP contribution in [0.2, 0.25) is 0 Å². The summed E-state index contributed by atoms with van der Waals surface area (Å²) in [5, 5.41) is 11.6. The fraction of sp³-hybridized carbons (Fsp3) is 0. The highest BCUT2D eigenvalue weighted by molar-refractivity contribution is 6.31. The lowest BCUT2D eigenvalue weighted by atomic mass is 9.92. The molecule has 0 saturated carbocycles. The second kappa shape index (κ2) is 12.9. The van der Waals surface area contributed by atoms with Crippen molar-refractivity contribution in [3.05, 3.63) is 194 Å². The summed E-state index contributed by atoms with van der Waals surface area (Å²) < 4.78 is 0. The van der Waals surface area contributed by atoms with Gasteiger partial charge in [-0.15, -0.1) is 0 Å². The summed E-state index contributed by atoms with van der Waals surface area (Å²) in [7, 11) is 0.